The summed E-state index contributed by atoms with van der Waals surface area (Å²) in [5.74, 6) is 0.161. The standard InChI is InChI=1S/C13H8Cl2FN3/c14-8-4-11-12(5-9(8)15)19-13(18-11)7-2-1-6(16)3-10(7)17/h1-5H,17H2,(H,18,19). The Balaban J connectivity index is 2.20. The lowest BCUT2D eigenvalue weighted by Gasteiger charge is -2.01. The summed E-state index contributed by atoms with van der Waals surface area (Å²) < 4.78 is 13.0. The van der Waals surface area contributed by atoms with Crippen LogP contribution in [-0.2, 0) is 0 Å². The highest BCUT2D eigenvalue weighted by Gasteiger charge is 2.10. The zero-order valence-corrected chi connectivity index (χ0v) is 11.1. The minimum absolute atomic E-state index is 0.316. The van der Waals surface area contributed by atoms with Crippen molar-refractivity contribution in [1.29, 1.82) is 0 Å². The van der Waals surface area contributed by atoms with Crippen LogP contribution in [0.1, 0.15) is 0 Å². The molecule has 0 saturated heterocycles. The molecule has 3 nitrogen and oxygen atoms in total. The zero-order chi connectivity index (χ0) is 13.6. The first-order chi connectivity index (χ1) is 9.04. The molecular formula is C13H8Cl2FN3. The minimum atomic E-state index is -0.386. The van der Waals surface area contributed by atoms with Crippen LogP contribution in [0.2, 0.25) is 10.0 Å². The van der Waals surface area contributed by atoms with Gasteiger partial charge in [0.2, 0.25) is 0 Å². The molecule has 6 heteroatoms. The third kappa shape index (κ3) is 2.13. The summed E-state index contributed by atoms with van der Waals surface area (Å²) in [7, 11) is 0. The Labute approximate surface area is 118 Å². The first-order valence-electron chi connectivity index (χ1n) is 5.45. The summed E-state index contributed by atoms with van der Waals surface area (Å²) in [6.45, 7) is 0. The number of nitrogens with one attached hydrogen (secondary N) is 1. The van der Waals surface area contributed by atoms with Gasteiger partial charge in [-0.25, -0.2) is 9.37 Å². The number of imidazole rings is 1. The van der Waals surface area contributed by atoms with Crippen LogP contribution >= 0.6 is 23.2 Å². The zero-order valence-electron chi connectivity index (χ0n) is 9.55. The summed E-state index contributed by atoms with van der Waals surface area (Å²) >= 11 is 11.9. The molecule has 3 aromatic rings. The van der Waals surface area contributed by atoms with Crippen LogP contribution in [0.25, 0.3) is 22.4 Å². The molecule has 0 aliphatic heterocycles. The molecule has 96 valence electrons. The Morgan fingerprint density at radius 1 is 1.11 bits per heavy atom. The largest absolute Gasteiger partial charge is 0.398 e. The Bertz CT molecular complexity index is 744. The second-order valence-corrected chi connectivity index (χ2v) is 4.91. The summed E-state index contributed by atoms with van der Waals surface area (Å²) in [6, 6.07) is 7.52. The summed E-state index contributed by atoms with van der Waals surface area (Å²) in [5.41, 5.74) is 8.15. The number of nitrogens with zero attached hydrogens (tertiary/aromatic N) is 1. The van der Waals surface area contributed by atoms with Crippen molar-refractivity contribution in [2.24, 2.45) is 0 Å². The fourth-order valence-electron chi connectivity index (χ4n) is 1.88. The van der Waals surface area contributed by atoms with Crippen molar-refractivity contribution in [1.82, 2.24) is 9.97 Å². The van der Waals surface area contributed by atoms with Crippen LogP contribution < -0.4 is 5.73 Å². The number of rotatable bonds is 1. The van der Waals surface area contributed by atoms with Crippen molar-refractivity contribution in [3.05, 3.63) is 46.2 Å². The van der Waals surface area contributed by atoms with Gasteiger partial charge in [-0.15, -0.1) is 0 Å². The number of hydrogen-bond acceptors (Lipinski definition) is 2. The van der Waals surface area contributed by atoms with Crippen LogP contribution in [0.15, 0.2) is 30.3 Å². The molecule has 0 amide bonds. The number of hydrogen-bond donors (Lipinski definition) is 2. The van der Waals surface area contributed by atoms with Crippen molar-refractivity contribution in [3.8, 4) is 11.4 Å². The molecule has 0 atom stereocenters. The van der Waals surface area contributed by atoms with Gasteiger partial charge in [-0.2, -0.15) is 0 Å². The molecule has 0 unspecified atom stereocenters. The number of aromatic amines is 1. The van der Waals surface area contributed by atoms with Crippen molar-refractivity contribution < 1.29 is 4.39 Å². The quantitative estimate of drug-likeness (QED) is 0.659. The van der Waals surface area contributed by atoms with Gasteiger partial charge in [0.1, 0.15) is 11.6 Å². The van der Waals surface area contributed by atoms with Crippen molar-refractivity contribution >= 4 is 39.9 Å². The molecule has 2 aromatic carbocycles. The third-order valence-corrected chi connectivity index (χ3v) is 3.51. The van der Waals surface area contributed by atoms with Gasteiger partial charge in [-0.3, -0.25) is 0 Å². The van der Waals surface area contributed by atoms with Crippen LogP contribution in [0.3, 0.4) is 0 Å². The maximum atomic E-state index is 13.0. The van der Waals surface area contributed by atoms with Crippen LogP contribution in [0.5, 0.6) is 0 Å². The summed E-state index contributed by atoms with van der Waals surface area (Å²) in [6.07, 6.45) is 0. The fourth-order valence-corrected chi connectivity index (χ4v) is 2.20. The van der Waals surface area contributed by atoms with E-state index in [1.165, 1.54) is 12.1 Å². The van der Waals surface area contributed by atoms with E-state index in [-0.39, 0.29) is 5.82 Å². The van der Waals surface area contributed by atoms with E-state index in [1.807, 2.05) is 0 Å². The number of nitrogens with two attached hydrogens (primary N) is 1. The average Bonchev–Trinajstić information content (AvgIpc) is 2.72. The van der Waals surface area contributed by atoms with Gasteiger partial charge in [0.15, 0.2) is 0 Å². The molecule has 3 N–H and O–H groups in total. The van der Waals surface area contributed by atoms with E-state index in [1.54, 1.807) is 18.2 Å². The molecule has 3 rings (SSSR count). The average molecular weight is 296 g/mol. The molecule has 0 spiro atoms. The summed E-state index contributed by atoms with van der Waals surface area (Å²) in [4.78, 5) is 7.46. The second kappa shape index (κ2) is 4.40. The topological polar surface area (TPSA) is 54.7 Å². The Morgan fingerprint density at radius 2 is 1.84 bits per heavy atom. The Kier molecular flexibility index (Phi) is 2.84. The first kappa shape index (κ1) is 12.3. The van der Waals surface area contributed by atoms with Gasteiger partial charge in [0, 0.05) is 11.3 Å². The third-order valence-electron chi connectivity index (χ3n) is 2.79. The number of aromatic nitrogens is 2. The lowest BCUT2D eigenvalue weighted by molar-refractivity contribution is 0.628. The predicted octanol–water partition coefficient (Wildman–Crippen LogP) is 4.26. The van der Waals surface area contributed by atoms with Crippen LogP contribution in [0.4, 0.5) is 10.1 Å². The molecule has 0 fully saturated rings. The molecule has 19 heavy (non-hydrogen) atoms. The monoisotopic (exact) mass is 295 g/mol. The Hall–Kier alpha value is -1.78. The van der Waals surface area contributed by atoms with E-state index in [9.17, 15) is 4.39 Å². The van der Waals surface area contributed by atoms with E-state index < -0.39 is 0 Å². The predicted molar refractivity (Wildman–Crippen MR) is 75.9 cm³/mol. The minimum Gasteiger partial charge on any atom is -0.398 e. The molecule has 0 saturated carbocycles. The second-order valence-electron chi connectivity index (χ2n) is 4.10. The number of benzene rings is 2. The smallest absolute Gasteiger partial charge is 0.140 e. The highest BCUT2D eigenvalue weighted by atomic mass is 35.5. The molecule has 0 radical (unpaired) electrons. The van der Waals surface area contributed by atoms with Gasteiger partial charge in [0.05, 0.1) is 21.1 Å². The van der Waals surface area contributed by atoms with E-state index >= 15 is 0 Å². The lowest BCUT2D eigenvalue weighted by Crippen LogP contribution is -1.92. The highest BCUT2D eigenvalue weighted by molar-refractivity contribution is 6.42. The molecule has 0 aliphatic rings. The number of H-pyrrole nitrogens is 1. The molecule has 0 aliphatic carbocycles. The van der Waals surface area contributed by atoms with Crippen molar-refractivity contribution in [2.75, 3.05) is 5.73 Å². The van der Waals surface area contributed by atoms with Gasteiger partial charge in [-0.1, -0.05) is 23.2 Å². The van der Waals surface area contributed by atoms with Crippen LogP contribution in [0, 0.1) is 5.82 Å². The number of anilines is 1. The van der Waals surface area contributed by atoms with Gasteiger partial charge < -0.3 is 10.7 Å². The molecule has 1 heterocycles. The van der Waals surface area contributed by atoms with Gasteiger partial charge in [-0.05, 0) is 30.3 Å². The van der Waals surface area contributed by atoms with Crippen molar-refractivity contribution in [2.45, 2.75) is 0 Å². The highest BCUT2D eigenvalue weighted by Crippen LogP contribution is 2.30. The number of nitrogen functional groups attached to an aromatic ring is 1. The van der Waals surface area contributed by atoms with E-state index in [0.717, 1.165) is 5.52 Å². The maximum Gasteiger partial charge on any atom is 0.140 e. The molecule has 1 aromatic heterocycles. The van der Waals surface area contributed by atoms with Gasteiger partial charge in [0.25, 0.3) is 0 Å². The lowest BCUT2D eigenvalue weighted by atomic mass is 10.1. The number of fused-ring (bicyclic) bond motifs is 1. The van der Waals surface area contributed by atoms with Gasteiger partial charge >= 0.3 is 0 Å². The molecule has 0 bridgehead atoms. The Morgan fingerprint density at radius 3 is 2.58 bits per heavy atom. The summed E-state index contributed by atoms with van der Waals surface area (Å²) in [5, 5.41) is 0.871. The normalized spacial score (nSPS) is 11.1. The molecular weight excluding hydrogens is 288 g/mol. The van der Waals surface area contributed by atoms with Crippen LogP contribution in [-0.4, -0.2) is 9.97 Å². The van der Waals surface area contributed by atoms with E-state index in [4.69, 9.17) is 28.9 Å². The SMILES string of the molecule is Nc1cc(F)ccc1-c1nc2cc(Cl)c(Cl)cc2[nH]1. The number of halogens is 3. The maximum absolute atomic E-state index is 13.0. The fraction of sp³-hybridized carbons (Fsp3) is 0. The first-order valence-corrected chi connectivity index (χ1v) is 6.20. The van der Waals surface area contributed by atoms with Crippen molar-refractivity contribution in [3.63, 3.8) is 0 Å². The van der Waals surface area contributed by atoms with E-state index in [0.29, 0.717) is 32.6 Å². The van der Waals surface area contributed by atoms with E-state index in [2.05, 4.69) is 9.97 Å².